The van der Waals surface area contributed by atoms with Crippen molar-refractivity contribution in [2.24, 2.45) is 5.92 Å². The van der Waals surface area contributed by atoms with Crippen LogP contribution in [-0.4, -0.2) is 19.1 Å². The summed E-state index contributed by atoms with van der Waals surface area (Å²) in [5.41, 5.74) is 0. The summed E-state index contributed by atoms with van der Waals surface area (Å²) < 4.78 is 4.67. The lowest BCUT2D eigenvalue weighted by Gasteiger charge is -2.16. The van der Waals surface area contributed by atoms with Gasteiger partial charge in [-0.3, -0.25) is 4.79 Å². The largest absolute Gasteiger partial charge is 0.469 e. The molecule has 0 spiro atoms. The van der Waals surface area contributed by atoms with Gasteiger partial charge in [-0.05, 0) is 30.9 Å². The standard InChI is InChI=1S/C14H21NO2S/c1-10-4-3-5-13(10)15-9-12-7-6-11(18-12)8-14(16)17-2/h6-7,10,13,15H,3-5,8-9H2,1-2H3. The second-order valence-corrected chi connectivity index (χ2v) is 6.27. The number of hydrogen-bond donors (Lipinski definition) is 1. The number of thiophene rings is 1. The van der Waals surface area contributed by atoms with Crippen LogP contribution >= 0.6 is 11.3 Å². The molecule has 0 aromatic carbocycles. The lowest BCUT2D eigenvalue weighted by Crippen LogP contribution is -2.30. The second kappa shape index (κ2) is 6.34. The highest BCUT2D eigenvalue weighted by molar-refractivity contribution is 7.12. The Morgan fingerprint density at radius 2 is 2.22 bits per heavy atom. The summed E-state index contributed by atoms with van der Waals surface area (Å²) in [6.07, 6.45) is 4.37. The number of rotatable bonds is 5. The molecule has 4 heteroatoms. The van der Waals surface area contributed by atoms with Crippen LogP contribution < -0.4 is 5.32 Å². The fraction of sp³-hybridized carbons (Fsp3) is 0.643. The van der Waals surface area contributed by atoms with E-state index in [-0.39, 0.29) is 5.97 Å². The number of hydrogen-bond acceptors (Lipinski definition) is 4. The first-order chi connectivity index (χ1) is 8.69. The molecule has 0 saturated heterocycles. The molecule has 0 bridgehead atoms. The first-order valence-electron chi connectivity index (χ1n) is 6.57. The van der Waals surface area contributed by atoms with Gasteiger partial charge < -0.3 is 10.1 Å². The molecule has 2 atom stereocenters. The predicted octanol–water partition coefficient (Wildman–Crippen LogP) is 2.74. The van der Waals surface area contributed by atoms with Crippen molar-refractivity contribution < 1.29 is 9.53 Å². The van der Waals surface area contributed by atoms with Crippen LogP contribution in [0.5, 0.6) is 0 Å². The molecule has 1 fully saturated rings. The molecule has 2 rings (SSSR count). The third-order valence-corrected chi connectivity index (χ3v) is 4.75. The fourth-order valence-corrected chi connectivity index (χ4v) is 3.46. The van der Waals surface area contributed by atoms with Gasteiger partial charge in [0, 0.05) is 22.3 Å². The molecule has 1 aliphatic carbocycles. The van der Waals surface area contributed by atoms with Crippen molar-refractivity contribution in [3.8, 4) is 0 Å². The van der Waals surface area contributed by atoms with Gasteiger partial charge in [-0.25, -0.2) is 0 Å². The molecule has 0 radical (unpaired) electrons. The maximum absolute atomic E-state index is 11.2. The Kier molecular flexibility index (Phi) is 4.78. The van der Waals surface area contributed by atoms with Crippen molar-refractivity contribution >= 4 is 17.3 Å². The highest BCUT2D eigenvalue weighted by Gasteiger charge is 2.22. The minimum atomic E-state index is -0.166. The van der Waals surface area contributed by atoms with Gasteiger partial charge in [0.25, 0.3) is 0 Å². The Balaban J connectivity index is 1.81. The van der Waals surface area contributed by atoms with E-state index in [9.17, 15) is 4.79 Å². The summed E-state index contributed by atoms with van der Waals surface area (Å²) >= 11 is 1.70. The lowest BCUT2D eigenvalue weighted by atomic mass is 10.1. The van der Waals surface area contributed by atoms with Gasteiger partial charge in [-0.1, -0.05) is 13.3 Å². The van der Waals surface area contributed by atoms with Crippen LogP contribution in [0.15, 0.2) is 12.1 Å². The van der Waals surface area contributed by atoms with E-state index in [0.717, 1.165) is 17.3 Å². The van der Waals surface area contributed by atoms with Gasteiger partial charge >= 0.3 is 5.97 Å². The molecule has 0 aliphatic heterocycles. The van der Waals surface area contributed by atoms with E-state index in [1.807, 2.05) is 6.07 Å². The summed E-state index contributed by atoms with van der Waals surface area (Å²) in [6.45, 7) is 3.24. The van der Waals surface area contributed by atoms with Gasteiger partial charge in [-0.2, -0.15) is 0 Å². The maximum atomic E-state index is 11.2. The van der Waals surface area contributed by atoms with Gasteiger partial charge in [0.1, 0.15) is 0 Å². The SMILES string of the molecule is COC(=O)Cc1ccc(CNC2CCCC2C)s1. The molecule has 2 unspecified atom stereocenters. The molecule has 100 valence electrons. The van der Waals surface area contributed by atoms with Crippen LogP contribution in [0.25, 0.3) is 0 Å². The van der Waals surface area contributed by atoms with Crippen LogP contribution in [0.3, 0.4) is 0 Å². The Morgan fingerprint density at radius 3 is 2.89 bits per heavy atom. The average molecular weight is 267 g/mol. The van der Waals surface area contributed by atoms with Gasteiger partial charge in [0.15, 0.2) is 0 Å². The monoisotopic (exact) mass is 267 g/mol. The van der Waals surface area contributed by atoms with E-state index in [1.165, 1.54) is 31.2 Å². The van der Waals surface area contributed by atoms with Gasteiger partial charge in [0.2, 0.25) is 0 Å². The van der Waals surface area contributed by atoms with Crippen LogP contribution in [0.4, 0.5) is 0 Å². The molecule has 0 amide bonds. The molecule has 1 aliphatic rings. The first kappa shape index (κ1) is 13.6. The number of esters is 1. The van der Waals surface area contributed by atoms with E-state index in [1.54, 1.807) is 11.3 Å². The zero-order valence-corrected chi connectivity index (χ0v) is 11.9. The highest BCUT2D eigenvalue weighted by atomic mass is 32.1. The summed E-state index contributed by atoms with van der Waals surface area (Å²) in [7, 11) is 1.43. The molecule has 18 heavy (non-hydrogen) atoms. The van der Waals surface area contributed by atoms with E-state index in [2.05, 4.69) is 23.0 Å². The first-order valence-corrected chi connectivity index (χ1v) is 7.38. The number of carbonyl (C=O) groups excluding carboxylic acids is 1. The predicted molar refractivity (Wildman–Crippen MR) is 73.7 cm³/mol. The Hall–Kier alpha value is -0.870. The number of methoxy groups -OCH3 is 1. The second-order valence-electron chi connectivity index (χ2n) is 5.02. The summed E-state index contributed by atoms with van der Waals surface area (Å²) in [6, 6.07) is 4.79. The van der Waals surface area contributed by atoms with E-state index in [4.69, 9.17) is 0 Å². The van der Waals surface area contributed by atoms with Crippen molar-refractivity contribution in [3.05, 3.63) is 21.9 Å². The van der Waals surface area contributed by atoms with Crippen LogP contribution in [-0.2, 0) is 22.5 Å². The number of carbonyl (C=O) groups is 1. The fourth-order valence-electron chi connectivity index (χ4n) is 2.51. The third kappa shape index (κ3) is 3.56. The summed E-state index contributed by atoms with van der Waals surface area (Å²) in [4.78, 5) is 13.5. The maximum Gasteiger partial charge on any atom is 0.310 e. The molecule has 1 aromatic rings. The lowest BCUT2D eigenvalue weighted by molar-refractivity contribution is -0.139. The van der Waals surface area contributed by atoms with Crippen molar-refractivity contribution in [3.63, 3.8) is 0 Å². The number of ether oxygens (including phenoxy) is 1. The quantitative estimate of drug-likeness (QED) is 0.834. The van der Waals surface area contributed by atoms with Crippen molar-refractivity contribution in [2.45, 2.75) is 45.2 Å². The summed E-state index contributed by atoms with van der Waals surface area (Å²) in [5, 5.41) is 3.62. The van der Waals surface area contributed by atoms with Crippen LogP contribution in [0.1, 0.15) is 35.9 Å². The van der Waals surface area contributed by atoms with Crippen LogP contribution in [0, 0.1) is 5.92 Å². The average Bonchev–Trinajstić information content (AvgIpc) is 2.96. The van der Waals surface area contributed by atoms with Crippen molar-refractivity contribution in [1.29, 1.82) is 0 Å². The van der Waals surface area contributed by atoms with Gasteiger partial charge in [-0.15, -0.1) is 11.3 Å². The molecule has 3 nitrogen and oxygen atoms in total. The number of nitrogens with one attached hydrogen (secondary N) is 1. The Bertz CT molecular complexity index is 402. The van der Waals surface area contributed by atoms with E-state index in [0.29, 0.717) is 12.5 Å². The highest BCUT2D eigenvalue weighted by Crippen LogP contribution is 2.25. The zero-order chi connectivity index (χ0) is 13.0. The van der Waals surface area contributed by atoms with Gasteiger partial charge in [0.05, 0.1) is 13.5 Å². The topological polar surface area (TPSA) is 38.3 Å². The smallest absolute Gasteiger partial charge is 0.310 e. The normalized spacial score (nSPS) is 23.2. The zero-order valence-electron chi connectivity index (χ0n) is 11.1. The molecular weight excluding hydrogens is 246 g/mol. The van der Waals surface area contributed by atoms with Crippen LogP contribution in [0.2, 0.25) is 0 Å². The van der Waals surface area contributed by atoms with Crippen molar-refractivity contribution in [2.75, 3.05) is 7.11 Å². The molecular formula is C14H21NO2S. The molecule has 1 N–H and O–H groups in total. The minimum absolute atomic E-state index is 0.166. The van der Waals surface area contributed by atoms with Crippen molar-refractivity contribution in [1.82, 2.24) is 5.32 Å². The summed E-state index contributed by atoms with van der Waals surface area (Å²) in [5.74, 6) is 0.625. The van der Waals surface area contributed by atoms with E-state index < -0.39 is 0 Å². The molecule has 1 aromatic heterocycles. The Labute approximate surface area is 113 Å². The molecule has 1 saturated carbocycles. The van der Waals surface area contributed by atoms with E-state index >= 15 is 0 Å². The Morgan fingerprint density at radius 1 is 1.44 bits per heavy atom. The molecule has 1 heterocycles. The third-order valence-electron chi connectivity index (χ3n) is 3.66. The minimum Gasteiger partial charge on any atom is -0.469 e.